The van der Waals surface area contributed by atoms with Crippen molar-refractivity contribution in [1.82, 2.24) is 19.2 Å². The van der Waals surface area contributed by atoms with Crippen LogP contribution in [0.15, 0.2) is 82.1 Å². The lowest BCUT2D eigenvalue weighted by Crippen LogP contribution is -2.23. The average molecular weight is 419 g/mol. The summed E-state index contributed by atoms with van der Waals surface area (Å²) in [6.07, 6.45) is 0.770. The number of benzene rings is 2. The summed E-state index contributed by atoms with van der Waals surface area (Å²) >= 11 is 3.11. The first-order valence-corrected chi connectivity index (χ1v) is 11.2. The molecular formula is C22H18N4OS2. The van der Waals surface area contributed by atoms with E-state index < -0.39 is 0 Å². The third-order valence-corrected chi connectivity index (χ3v) is 6.75. The fourth-order valence-electron chi connectivity index (χ4n) is 3.40. The van der Waals surface area contributed by atoms with E-state index in [2.05, 4.69) is 34.5 Å². The van der Waals surface area contributed by atoms with Crippen molar-refractivity contribution in [2.24, 2.45) is 0 Å². The summed E-state index contributed by atoms with van der Waals surface area (Å²) in [7, 11) is 0. The summed E-state index contributed by atoms with van der Waals surface area (Å²) in [5, 5.41) is 11.6. The number of thiophene rings is 1. The zero-order valence-corrected chi connectivity index (χ0v) is 17.2. The molecule has 0 saturated heterocycles. The van der Waals surface area contributed by atoms with Crippen LogP contribution in [0.4, 0.5) is 0 Å². The van der Waals surface area contributed by atoms with Gasteiger partial charge in [0.2, 0.25) is 5.78 Å². The second kappa shape index (κ2) is 7.85. The predicted octanol–water partition coefficient (Wildman–Crippen LogP) is 4.64. The third kappa shape index (κ3) is 3.47. The molecule has 5 rings (SSSR count). The van der Waals surface area contributed by atoms with Crippen molar-refractivity contribution < 1.29 is 0 Å². The molecule has 0 radical (unpaired) electrons. The molecule has 0 spiro atoms. The van der Waals surface area contributed by atoms with E-state index >= 15 is 0 Å². The second-order valence-electron chi connectivity index (χ2n) is 6.72. The Labute approximate surface area is 175 Å². The maximum Gasteiger partial charge on any atom is 0.272 e. The van der Waals surface area contributed by atoms with E-state index in [1.54, 1.807) is 16.3 Å². The molecule has 0 aliphatic heterocycles. The molecule has 0 atom stereocenters. The summed E-state index contributed by atoms with van der Waals surface area (Å²) < 4.78 is 4.52. The Bertz CT molecular complexity index is 1320. The Balaban J connectivity index is 1.55. The van der Waals surface area contributed by atoms with Gasteiger partial charge in [0.05, 0.1) is 5.52 Å². The lowest BCUT2D eigenvalue weighted by molar-refractivity contribution is 0.678. The van der Waals surface area contributed by atoms with E-state index in [4.69, 9.17) is 0 Å². The number of aromatic nitrogens is 4. The van der Waals surface area contributed by atoms with Gasteiger partial charge in [-0.15, -0.1) is 21.5 Å². The van der Waals surface area contributed by atoms with Crippen LogP contribution in [-0.4, -0.2) is 19.2 Å². The monoisotopic (exact) mass is 418 g/mol. The van der Waals surface area contributed by atoms with Crippen molar-refractivity contribution in [1.29, 1.82) is 0 Å². The van der Waals surface area contributed by atoms with Gasteiger partial charge in [-0.3, -0.25) is 13.8 Å². The molecule has 144 valence electrons. The van der Waals surface area contributed by atoms with Gasteiger partial charge < -0.3 is 0 Å². The summed E-state index contributed by atoms with van der Waals surface area (Å²) in [6.45, 7) is 0.571. The molecule has 0 fully saturated rings. The molecule has 0 amide bonds. The Morgan fingerprint density at radius 3 is 2.38 bits per heavy atom. The van der Waals surface area contributed by atoms with Gasteiger partial charge in [0.15, 0.2) is 5.16 Å². The summed E-state index contributed by atoms with van der Waals surface area (Å²) in [6, 6.07) is 22.5. The minimum absolute atomic E-state index is 0.00504. The molecule has 7 heteroatoms. The zero-order chi connectivity index (χ0) is 19.6. The topological polar surface area (TPSA) is 52.2 Å². The van der Waals surface area contributed by atoms with Gasteiger partial charge in [-0.2, -0.15) is 0 Å². The maximum atomic E-state index is 13.1. The molecule has 0 saturated carbocycles. The van der Waals surface area contributed by atoms with Crippen LogP contribution in [0.3, 0.4) is 0 Å². The molecule has 3 aromatic heterocycles. The Kier molecular flexibility index (Phi) is 4.91. The van der Waals surface area contributed by atoms with E-state index in [1.807, 2.05) is 52.2 Å². The normalized spacial score (nSPS) is 11.4. The second-order valence-corrected chi connectivity index (χ2v) is 8.58. The summed E-state index contributed by atoms with van der Waals surface area (Å²) in [5.74, 6) is 1.41. The van der Waals surface area contributed by atoms with Crippen molar-refractivity contribution in [2.45, 2.75) is 23.9 Å². The highest BCUT2D eigenvalue weighted by molar-refractivity contribution is 7.98. The van der Waals surface area contributed by atoms with E-state index in [1.165, 1.54) is 22.5 Å². The highest BCUT2D eigenvalue weighted by Gasteiger charge is 2.17. The minimum atomic E-state index is 0.00504. The third-order valence-electron chi connectivity index (χ3n) is 4.86. The van der Waals surface area contributed by atoms with Gasteiger partial charge in [-0.1, -0.05) is 72.4 Å². The predicted molar refractivity (Wildman–Crippen MR) is 119 cm³/mol. The minimum Gasteiger partial charge on any atom is -0.275 e. The van der Waals surface area contributed by atoms with Crippen molar-refractivity contribution in [3.8, 4) is 0 Å². The Morgan fingerprint density at radius 1 is 0.897 bits per heavy atom. The van der Waals surface area contributed by atoms with E-state index in [0.717, 1.165) is 27.5 Å². The van der Waals surface area contributed by atoms with Crippen LogP contribution in [0.5, 0.6) is 0 Å². The molecule has 2 aromatic carbocycles. The molecule has 5 nitrogen and oxygen atoms in total. The molecule has 29 heavy (non-hydrogen) atoms. The smallest absolute Gasteiger partial charge is 0.272 e. The van der Waals surface area contributed by atoms with Gasteiger partial charge in [0.25, 0.3) is 5.56 Å². The SMILES string of the molecule is O=c1c2sccc2n2c(SCc3ccccc3)nnc2n1CCc1ccccc1. The lowest BCUT2D eigenvalue weighted by Gasteiger charge is -2.09. The average Bonchev–Trinajstić information content (AvgIpc) is 3.41. The van der Waals surface area contributed by atoms with Gasteiger partial charge in [0.1, 0.15) is 4.70 Å². The molecule has 0 bridgehead atoms. The fourth-order valence-corrected chi connectivity index (χ4v) is 5.12. The van der Waals surface area contributed by atoms with Crippen molar-refractivity contribution in [3.05, 3.63) is 93.6 Å². The van der Waals surface area contributed by atoms with E-state index in [-0.39, 0.29) is 5.56 Å². The standard InChI is InChI=1S/C22H18N4OS2/c27-20-19-18(12-14-28-19)26-21(25(20)13-11-16-7-3-1-4-8-16)23-24-22(26)29-15-17-9-5-2-6-10-17/h1-10,12,14H,11,13,15H2. The van der Waals surface area contributed by atoms with Crippen LogP contribution in [0.25, 0.3) is 16.0 Å². The number of fused-ring (bicyclic) bond motifs is 3. The highest BCUT2D eigenvalue weighted by atomic mass is 32.2. The van der Waals surface area contributed by atoms with Crippen LogP contribution >= 0.6 is 23.1 Å². The molecule has 5 aromatic rings. The van der Waals surface area contributed by atoms with Gasteiger partial charge in [-0.05, 0) is 29.0 Å². The van der Waals surface area contributed by atoms with Crippen LogP contribution < -0.4 is 5.56 Å². The first-order valence-electron chi connectivity index (χ1n) is 9.37. The molecule has 0 N–H and O–H groups in total. The molecule has 0 unspecified atom stereocenters. The van der Waals surface area contributed by atoms with Gasteiger partial charge in [0, 0.05) is 12.3 Å². The van der Waals surface area contributed by atoms with E-state index in [9.17, 15) is 4.79 Å². The van der Waals surface area contributed by atoms with Crippen LogP contribution in [0, 0.1) is 0 Å². The van der Waals surface area contributed by atoms with Crippen molar-refractivity contribution >= 4 is 39.1 Å². The number of hydrogen-bond donors (Lipinski definition) is 0. The number of rotatable bonds is 6. The lowest BCUT2D eigenvalue weighted by atomic mass is 10.1. The molecule has 0 aliphatic carbocycles. The van der Waals surface area contributed by atoms with Crippen LogP contribution in [0.1, 0.15) is 11.1 Å². The first kappa shape index (κ1) is 18.1. The van der Waals surface area contributed by atoms with Crippen molar-refractivity contribution in [2.75, 3.05) is 0 Å². The largest absolute Gasteiger partial charge is 0.275 e. The van der Waals surface area contributed by atoms with Crippen molar-refractivity contribution in [3.63, 3.8) is 0 Å². The number of thioether (sulfide) groups is 1. The number of nitrogens with zero attached hydrogens (tertiary/aromatic N) is 4. The maximum absolute atomic E-state index is 13.1. The summed E-state index contributed by atoms with van der Waals surface area (Å²) in [5.41, 5.74) is 3.31. The number of aryl methyl sites for hydroxylation is 2. The quantitative estimate of drug-likeness (QED) is 0.377. The highest BCUT2D eigenvalue weighted by Crippen LogP contribution is 2.26. The van der Waals surface area contributed by atoms with Gasteiger partial charge in [-0.25, -0.2) is 0 Å². The van der Waals surface area contributed by atoms with E-state index in [0.29, 0.717) is 12.3 Å². The molecule has 3 heterocycles. The van der Waals surface area contributed by atoms with Crippen LogP contribution in [-0.2, 0) is 18.7 Å². The molecular weight excluding hydrogens is 400 g/mol. The Hall–Kier alpha value is -2.90. The fraction of sp³-hybridized carbons (Fsp3) is 0.136. The molecule has 0 aliphatic rings. The summed E-state index contributed by atoms with van der Waals surface area (Å²) in [4.78, 5) is 13.1. The Morgan fingerprint density at radius 2 is 1.62 bits per heavy atom. The zero-order valence-electron chi connectivity index (χ0n) is 15.6. The first-order chi connectivity index (χ1) is 14.3. The van der Waals surface area contributed by atoms with Gasteiger partial charge >= 0.3 is 0 Å². The number of hydrogen-bond acceptors (Lipinski definition) is 5. The van der Waals surface area contributed by atoms with Crippen LogP contribution in [0.2, 0.25) is 0 Å².